The first-order valence-electron chi connectivity index (χ1n) is 11.9. The molecule has 0 atom stereocenters. The summed E-state index contributed by atoms with van der Waals surface area (Å²) in [5.41, 5.74) is 0.692. The Hall–Kier alpha value is -1.51. The molecular formula is C24H39N3O3S2. The van der Waals surface area contributed by atoms with E-state index in [1.165, 1.54) is 54.2 Å². The molecule has 0 fully saturated rings. The van der Waals surface area contributed by atoms with E-state index in [9.17, 15) is 13.2 Å². The van der Waals surface area contributed by atoms with Crippen LogP contribution in [0.3, 0.4) is 0 Å². The minimum absolute atomic E-state index is 0.0336. The Balaban J connectivity index is 1.95. The summed E-state index contributed by atoms with van der Waals surface area (Å²) in [5, 5.41) is 3.39. The number of hydrogen-bond donors (Lipinski definition) is 1. The van der Waals surface area contributed by atoms with Gasteiger partial charge in [0.1, 0.15) is 0 Å². The van der Waals surface area contributed by atoms with Crippen molar-refractivity contribution in [3.63, 3.8) is 0 Å². The smallest absolute Gasteiger partial charge is 0.243 e. The molecule has 0 saturated heterocycles. The Kier molecular flexibility index (Phi) is 10.6. The number of amides is 1. The Labute approximate surface area is 197 Å². The molecule has 2 rings (SSSR count). The van der Waals surface area contributed by atoms with Crippen LogP contribution < -0.4 is 5.32 Å². The standard InChI is InChI=1S/C24H39N3O3S2/c1-6-7-8-9-10-11-12-13-14-23(28)26-24-25-21-16-15-20(17-22(21)31-24)32(29,30)27(18(2)3)19(4)5/h15-19H,6-14H2,1-5H3,(H,25,26,28). The normalized spacial score (nSPS) is 12.4. The van der Waals surface area contributed by atoms with E-state index in [0.29, 0.717) is 17.1 Å². The summed E-state index contributed by atoms with van der Waals surface area (Å²) in [7, 11) is -3.61. The predicted octanol–water partition coefficient (Wildman–Crippen LogP) is 6.57. The molecule has 1 amide bonds. The molecule has 0 unspecified atom stereocenters. The lowest BCUT2D eigenvalue weighted by Gasteiger charge is -2.29. The van der Waals surface area contributed by atoms with Crippen LogP contribution in [-0.2, 0) is 14.8 Å². The van der Waals surface area contributed by atoms with Gasteiger partial charge in [-0.15, -0.1) is 0 Å². The second kappa shape index (κ2) is 12.7. The van der Waals surface area contributed by atoms with Gasteiger partial charge in [-0.2, -0.15) is 4.31 Å². The molecule has 1 heterocycles. The van der Waals surface area contributed by atoms with E-state index in [0.717, 1.165) is 17.5 Å². The molecule has 0 aliphatic carbocycles. The van der Waals surface area contributed by atoms with E-state index in [4.69, 9.17) is 0 Å². The van der Waals surface area contributed by atoms with E-state index >= 15 is 0 Å². The monoisotopic (exact) mass is 481 g/mol. The number of carbonyl (C=O) groups excluding carboxylic acids is 1. The molecule has 0 saturated carbocycles. The number of rotatable bonds is 14. The van der Waals surface area contributed by atoms with Crippen molar-refractivity contribution in [2.24, 2.45) is 0 Å². The van der Waals surface area contributed by atoms with Gasteiger partial charge in [0.2, 0.25) is 15.9 Å². The van der Waals surface area contributed by atoms with Crippen molar-refractivity contribution in [2.75, 3.05) is 5.32 Å². The summed E-state index contributed by atoms with van der Waals surface area (Å²) in [5.74, 6) is -0.0336. The van der Waals surface area contributed by atoms with Crippen LogP contribution >= 0.6 is 11.3 Å². The van der Waals surface area contributed by atoms with Gasteiger partial charge in [-0.25, -0.2) is 13.4 Å². The molecule has 1 N–H and O–H groups in total. The first kappa shape index (κ1) is 26.7. The SMILES string of the molecule is CCCCCCCCCCC(=O)Nc1nc2ccc(S(=O)(=O)N(C(C)C)C(C)C)cc2s1. The van der Waals surface area contributed by atoms with Crippen LogP contribution in [0.2, 0.25) is 0 Å². The molecule has 0 aliphatic rings. The van der Waals surface area contributed by atoms with E-state index in [2.05, 4.69) is 17.2 Å². The zero-order chi connectivity index (χ0) is 23.7. The molecular weight excluding hydrogens is 442 g/mol. The van der Waals surface area contributed by atoms with E-state index in [1.54, 1.807) is 18.2 Å². The first-order valence-corrected chi connectivity index (χ1v) is 14.2. The summed E-state index contributed by atoms with van der Waals surface area (Å²) in [6.45, 7) is 9.73. The minimum atomic E-state index is -3.61. The van der Waals surface area contributed by atoms with Gasteiger partial charge in [0, 0.05) is 18.5 Å². The maximum absolute atomic E-state index is 13.1. The molecule has 32 heavy (non-hydrogen) atoms. The number of fused-ring (bicyclic) bond motifs is 1. The molecule has 1 aromatic heterocycles. The van der Waals surface area contributed by atoms with Crippen LogP contribution in [0, 0.1) is 0 Å². The van der Waals surface area contributed by atoms with Gasteiger partial charge in [0.25, 0.3) is 0 Å². The van der Waals surface area contributed by atoms with Gasteiger partial charge in [-0.05, 0) is 52.3 Å². The molecule has 2 aromatic rings. The van der Waals surface area contributed by atoms with Gasteiger partial charge < -0.3 is 5.32 Å². The van der Waals surface area contributed by atoms with Gasteiger partial charge in [0.05, 0.1) is 15.1 Å². The number of anilines is 1. The lowest BCUT2D eigenvalue weighted by molar-refractivity contribution is -0.116. The van der Waals surface area contributed by atoms with E-state index in [1.807, 2.05) is 27.7 Å². The number of aromatic nitrogens is 1. The second-order valence-electron chi connectivity index (χ2n) is 8.94. The largest absolute Gasteiger partial charge is 0.302 e. The number of benzene rings is 1. The number of carbonyl (C=O) groups is 1. The maximum atomic E-state index is 13.1. The van der Waals surface area contributed by atoms with Gasteiger partial charge in [0.15, 0.2) is 5.13 Å². The van der Waals surface area contributed by atoms with E-state index < -0.39 is 10.0 Å². The summed E-state index contributed by atoms with van der Waals surface area (Å²) in [4.78, 5) is 17.0. The average molecular weight is 482 g/mol. The number of thiazole rings is 1. The fourth-order valence-corrected chi connectivity index (χ4v) is 6.85. The molecule has 6 nitrogen and oxygen atoms in total. The van der Waals surface area contributed by atoms with Crippen LogP contribution in [0.25, 0.3) is 10.2 Å². The third kappa shape index (κ3) is 7.52. The second-order valence-corrected chi connectivity index (χ2v) is 11.8. The molecule has 0 spiro atoms. The Morgan fingerprint density at radius 2 is 1.59 bits per heavy atom. The Morgan fingerprint density at radius 3 is 2.19 bits per heavy atom. The molecule has 0 aliphatic heterocycles. The Morgan fingerprint density at radius 1 is 1.00 bits per heavy atom. The quantitative estimate of drug-likeness (QED) is 0.309. The lowest BCUT2D eigenvalue weighted by Crippen LogP contribution is -2.41. The predicted molar refractivity (Wildman–Crippen MR) is 135 cm³/mol. The highest BCUT2D eigenvalue weighted by atomic mass is 32.2. The van der Waals surface area contributed by atoms with Crippen LogP contribution in [0.15, 0.2) is 23.1 Å². The topological polar surface area (TPSA) is 79.4 Å². The van der Waals surface area contributed by atoms with Crippen molar-refractivity contribution in [3.05, 3.63) is 18.2 Å². The molecule has 1 aromatic carbocycles. The molecule has 8 heteroatoms. The summed E-state index contributed by atoms with van der Waals surface area (Å²) < 4.78 is 28.5. The molecule has 0 bridgehead atoms. The number of nitrogens with zero attached hydrogens (tertiary/aromatic N) is 2. The highest BCUT2D eigenvalue weighted by molar-refractivity contribution is 7.89. The highest BCUT2D eigenvalue weighted by Crippen LogP contribution is 2.30. The summed E-state index contributed by atoms with van der Waals surface area (Å²) in [6.07, 6.45) is 10.0. The molecule has 180 valence electrons. The first-order chi connectivity index (χ1) is 15.2. The third-order valence-corrected chi connectivity index (χ3v) is 8.64. The number of sulfonamides is 1. The van der Waals surface area contributed by atoms with Crippen molar-refractivity contribution >= 4 is 42.6 Å². The third-order valence-electron chi connectivity index (χ3n) is 5.46. The lowest BCUT2D eigenvalue weighted by atomic mass is 10.1. The summed E-state index contributed by atoms with van der Waals surface area (Å²) >= 11 is 1.31. The highest BCUT2D eigenvalue weighted by Gasteiger charge is 2.29. The number of unbranched alkanes of at least 4 members (excludes halogenated alkanes) is 7. The number of nitrogens with one attached hydrogen (secondary N) is 1. The van der Waals surface area contributed by atoms with Crippen LogP contribution in [-0.4, -0.2) is 35.7 Å². The van der Waals surface area contributed by atoms with Gasteiger partial charge >= 0.3 is 0 Å². The fraction of sp³-hybridized carbons (Fsp3) is 0.667. The Bertz CT molecular complexity index is 960. The van der Waals surface area contributed by atoms with Crippen LogP contribution in [0.1, 0.15) is 92.4 Å². The van der Waals surface area contributed by atoms with Crippen molar-refractivity contribution in [2.45, 2.75) is 109 Å². The molecule has 0 radical (unpaired) electrons. The average Bonchev–Trinajstić information content (AvgIpc) is 3.10. The number of hydrogen-bond acceptors (Lipinski definition) is 5. The van der Waals surface area contributed by atoms with Crippen molar-refractivity contribution in [1.82, 2.24) is 9.29 Å². The van der Waals surface area contributed by atoms with Crippen LogP contribution in [0.5, 0.6) is 0 Å². The van der Waals surface area contributed by atoms with E-state index in [-0.39, 0.29) is 22.9 Å². The summed E-state index contributed by atoms with van der Waals surface area (Å²) in [6, 6.07) is 4.70. The zero-order valence-corrected chi connectivity index (χ0v) is 21.8. The van der Waals surface area contributed by atoms with Gasteiger partial charge in [-0.1, -0.05) is 63.2 Å². The van der Waals surface area contributed by atoms with Crippen molar-refractivity contribution in [1.29, 1.82) is 0 Å². The van der Waals surface area contributed by atoms with Crippen molar-refractivity contribution in [3.8, 4) is 0 Å². The minimum Gasteiger partial charge on any atom is -0.302 e. The van der Waals surface area contributed by atoms with Crippen LogP contribution in [0.4, 0.5) is 5.13 Å². The maximum Gasteiger partial charge on any atom is 0.243 e. The van der Waals surface area contributed by atoms with Gasteiger partial charge in [-0.3, -0.25) is 4.79 Å². The fourth-order valence-electron chi connectivity index (χ4n) is 3.99. The zero-order valence-electron chi connectivity index (χ0n) is 20.2. The van der Waals surface area contributed by atoms with Crippen molar-refractivity contribution < 1.29 is 13.2 Å².